The highest BCUT2D eigenvalue weighted by Crippen LogP contribution is 2.18. The maximum Gasteiger partial charge on any atom is 0.336 e. The Morgan fingerprint density at radius 3 is 2.85 bits per heavy atom. The number of amides is 3. The molecule has 0 atom stereocenters. The van der Waals surface area contributed by atoms with Crippen LogP contribution in [0.3, 0.4) is 0 Å². The first-order valence-electron chi connectivity index (χ1n) is 6.22. The molecule has 106 valence electrons. The monoisotopic (exact) mass is 278 g/mol. The quantitative estimate of drug-likeness (QED) is 0.571. The van der Waals surface area contributed by atoms with Gasteiger partial charge >= 0.3 is 5.63 Å². The molecule has 3 amide bonds. The second-order valence-corrected chi connectivity index (χ2v) is 4.53. The summed E-state index contributed by atoms with van der Waals surface area (Å²) in [5.41, 5.74) is 0.208. The summed E-state index contributed by atoms with van der Waals surface area (Å²) in [5, 5.41) is 4.83. The summed E-state index contributed by atoms with van der Waals surface area (Å²) in [6.45, 7) is 1.86. The summed E-state index contributed by atoms with van der Waals surface area (Å²) in [6, 6.07) is 1.25. The first-order chi connectivity index (χ1) is 9.47. The van der Waals surface area contributed by atoms with Crippen LogP contribution in [0.2, 0.25) is 0 Å². The molecule has 0 unspecified atom stereocenters. The van der Waals surface area contributed by atoms with E-state index in [-0.39, 0.29) is 23.7 Å². The molecule has 1 aromatic rings. The minimum Gasteiger partial charge on any atom is -0.426 e. The molecular formula is C13H14N2O5. The van der Waals surface area contributed by atoms with E-state index in [9.17, 15) is 19.2 Å². The molecule has 0 spiro atoms. The molecule has 0 bridgehead atoms. The number of nitrogens with one attached hydrogen (secondary N) is 2. The standard InChI is InChI=1S/C13H14N2O5/c1-7(16)14-4-2-3-8-5-11(18)20-9-6-10(17)15-13(19)12(8)9/h5H,2-4,6H2,1H3,(H,14,16)(H,15,17,19). The number of rotatable bonds is 4. The summed E-state index contributed by atoms with van der Waals surface area (Å²) < 4.78 is 4.92. The number of carbonyl (C=O) groups is 3. The Hall–Kier alpha value is -2.44. The first-order valence-corrected chi connectivity index (χ1v) is 6.22. The molecule has 7 nitrogen and oxygen atoms in total. The molecule has 2 N–H and O–H groups in total. The third kappa shape index (κ3) is 3.11. The first kappa shape index (κ1) is 14.0. The smallest absolute Gasteiger partial charge is 0.336 e. The van der Waals surface area contributed by atoms with Gasteiger partial charge in [0, 0.05) is 19.5 Å². The van der Waals surface area contributed by atoms with E-state index in [1.54, 1.807) is 0 Å². The number of hydrogen-bond acceptors (Lipinski definition) is 5. The fourth-order valence-electron chi connectivity index (χ4n) is 2.11. The SMILES string of the molecule is CC(=O)NCCCc1cc(=O)oc2c1C(=O)NC(=O)C2. The molecular weight excluding hydrogens is 264 g/mol. The number of carbonyl (C=O) groups excluding carboxylic acids is 3. The van der Waals surface area contributed by atoms with Gasteiger partial charge in [-0.15, -0.1) is 0 Å². The number of hydrogen-bond donors (Lipinski definition) is 2. The lowest BCUT2D eigenvalue weighted by Crippen LogP contribution is -2.38. The van der Waals surface area contributed by atoms with Gasteiger partial charge < -0.3 is 9.73 Å². The summed E-state index contributed by atoms with van der Waals surface area (Å²) in [6.07, 6.45) is 0.905. The second-order valence-electron chi connectivity index (χ2n) is 4.53. The van der Waals surface area contributed by atoms with Crippen LogP contribution in [-0.4, -0.2) is 24.3 Å². The van der Waals surface area contributed by atoms with Crippen molar-refractivity contribution in [3.63, 3.8) is 0 Å². The topological polar surface area (TPSA) is 105 Å². The highest BCUT2D eigenvalue weighted by molar-refractivity contribution is 6.09. The third-order valence-corrected chi connectivity index (χ3v) is 2.91. The minimum absolute atomic E-state index is 0.112. The van der Waals surface area contributed by atoms with Crippen LogP contribution in [0.15, 0.2) is 15.3 Å². The van der Waals surface area contributed by atoms with Crippen molar-refractivity contribution in [2.75, 3.05) is 6.54 Å². The summed E-state index contributed by atoms with van der Waals surface area (Å²) >= 11 is 0. The Labute approximate surface area is 114 Å². The van der Waals surface area contributed by atoms with Gasteiger partial charge in [0.25, 0.3) is 5.91 Å². The Morgan fingerprint density at radius 2 is 2.15 bits per heavy atom. The van der Waals surface area contributed by atoms with Crippen LogP contribution < -0.4 is 16.3 Å². The van der Waals surface area contributed by atoms with Crippen molar-refractivity contribution < 1.29 is 18.8 Å². The maximum absolute atomic E-state index is 11.8. The molecule has 20 heavy (non-hydrogen) atoms. The van der Waals surface area contributed by atoms with Gasteiger partial charge in [0.05, 0.1) is 12.0 Å². The van der Waals surface area contributed by atoms with Gasteiger partial charge in [0.1, 0.15) is 5.76 Å². The van der Waals surface area contributed by atoms with E-state index in [0.717, 1.165) is 0 Å². The van der Waals surface area contributed by atoms with Gasteiger partial charge in [-0.2, -0.15) is 0 Å². The van der Waals surface area contributed by atoms with Crippen LogP contribution >= 0.6 is 0 Å². The van der Waals surface area contributed by atoms with E-state index in [4.69, 9.17) is 4.42 Å². The summed E-state index contributed by atoms with van der Waals surface area (Å²) in [5.74, 6) is -1.06. The number of imide groups is 1. The average Bonchev–Trinajstić information content (AvgIpc) is 2.32. The fourth-order valence-corrected chi connectivity index (χ4v) is 2.11. The molecule has 0 saturated heterocycles. The lowest BCUT2D eigenvalue weighted by atomic mass is 9.98. The van der Waals surface area contributed by atoms with Gasteiger partial charge in [-0.3, -0.25) is 19.7 Å². The largest absolute Gasteiger partial charge is 0.426 e. The Balaban J connectivity index is 2.21. The normalized spacial score (nSPS) is 13.7. The van der Waals surface area contributed by atoms with E-state index in [0.29, 0.717) is 24.9 Å². The summed E-state index contributed by atoms with van der Waals surface area (Å²) in [4.78, 5) is 45.2. The number of fused-ring (bicyclic) bond motifs is 1. The lowest BCUT2D eigenvalue weighted by Gasteiger charge is -2.16. The van der Waals surface area contributed by atoms with Crippen molar-refractivity contribution in [1.82, 2.24) is 10.6 Å². The van der Waals surface area contributed by atoms with E-state index >= 15 is 0 Å². The molecule has 2 rings (SSSR count). The lowest BCUT2D eigenvalue weighted by molar-refractivity contribution is -0.120. The summed E-state index contributed by atoms with van der Waals surface area (Å²) in [7, 11) is 0. The van der Waals surface area contributed by atoms with Crippen molar-refractivity contribution in [3.8, 4) is 0 Å². The van der Waals surface area contributed by atoms with Crippen LogP contribution in [0.1, 0.15) is 35.0 Å². The molecule has 1 aliphatic rings. The predicted molar refractivity (Wildman–Crippen MR) is 68.2 cm³/mol. The van der Waals surface area contributed by atoms with Crippen LogP contribution in [0.25, 0.3) is 0 Å². The molecule has 1 aliphatic heterocycles. The van der Waals surface area contributed by atoms with E-state index in [2.05, 4.69) is 10.6 Å². The van der Waals surface area contributed by atoms with Gasteiger partial charge in [-0.05, 0) is 18.4 Å². The zero-order chi connectivity index (χ0) is 14.7. The van der Waals surface area contributed by atoms with Gasteiger partial charge in [-0.25, -0.2) is 4.79 Å². The predicted octanol–water partition coefficient (Wildman–Crippen LogP) is -0.479. The Kier molecular flexibility index (Phi) is 3.97. The molecule has 0 fully saturated rings. The second kappa shape index (κ2) is 5.68. The Morgan fingerprint density at radius 1 is 1.40 bits per heavy atom. The van der Waals surface area contributed by atoms with Gasteiger partial charge in [0.15, 0.2) is 0 Å². The Bertz CT molecular complexity index is 632. The van der Waals surface area contributed by atoms with Crippen LogP contribution in [0.4, 0.5) is 0 Å². The van der Waals surface area contributed by atoms with Crippen LogP contribution in [0.5, 0.6) is 0 Å². The third-order valence-electron chi connectivity index (χ3n) is 2.91. The molecule has 2 heterocycles. The van der Waals surface area contributed by atoms with Crippen molar-refractivity contribution in [2.45, 2.75) is 26.2 Å². The average molecular weight is 278 g/mol. The molecule has 1 aromatic heterocycles. The van der Waals surface area contributed by atoms with E-state index in [1.165, 1.54) is 13.0 Å². The molecule has 0 aromatic carbocycles. The number of aryl methyl sites for hydroxylation is 1. The highest BCUT2D eigenvalue weighted by Gasteiger charge is 2.27. The van der Waals surface area contributed by atoms with Crippen molar-refractivity contribution >= 4 is 17.7 Å². The molecule has 7 heteroatoms. The van der Waals surface area contributed by atoms with E-state index < -0.39 is 17.4 Å². The van der Waals surface area contributed by atoms with Crippen molar-refractivity contribution in [2.24, 2.45) is 0 Å². The molecule has 0 saturated carbocycles. The highest BCUT2D eigenvalue weighted by atomic mass is 16.4. The van der Waals surface area contributed by atoms with Gasteiger partial charge in [-0.1, -0.05) is 0 Å². The van der Waals surface area contributed by atoms with Gasteiger partial charge in [0.2, 0.25) is 11.8 Å². The molecule has 0 aliphatic carbocycles. The van der Waals surface area contributed by atoms with Crippen LogP contribution in [0, 0.1) is 0 Å². The van der Waals surface area contributed by atoms with Crippen molar-refractivity contribution in [3.05, 3.63) is 33.4 Å². The van der Waals surface area contributed by atoms with Crippen LogP contribution in [-0.2, 0) is 22.4 Å². The fraction of sp³-hybridized carbons (Fsp3) is 0.385. The zero-order valence-corrected chi connectivity index (χ0v) is 10.9. The maximum atomic E-state index is 11.8. The van der Waals surface area contributed by atoms with Crippen molar-refractivity contribution in [1.29, 1.82) is 0 Å². The van der Waals surface area contributed by atoms with E-state index in [1.807, 2.05) is 0 Å². The minimum atomic E-state index is -0.583. The molecule has 0 radical (unpaired) electrons. The zero-order valence-electron chi connectivity index (χ0n) is 10.9.